The molecule has 1 amide bonds. The molecule has 0 aliphatic carbocycles. The molecule has 1 aliphatic heterocycles. The molecule has 0 unspecified atom stereocenters. The van der Waals surface area contributed by atoms with Gasteiger partial charge >= 0.3 is 6.09 Å². The summed E-state index contributed by atoms with van der Waals surface area (Å²) in [6.07, 6.45) is 0.882. The van der Waals surface area contributed by atoms with Gasteiger partial charge in [0, 0.05) is 13.2 Å². The van der Waals surface area contributed by atoms with E-state index in [-0.39, 0.29) is 18.2 Å². The average Bonchev–Trinajstić information content (AvgIpc) is 2.57. The predicted molar refractivity (Wildman–Crippen MR) is 55.4 cm³/mol. The van der Waals surface area contributed by atoms with Crippen molar-refractivity contribution >= 4 is 6.09 Å². The van der Waals surface area contributed by atoms with Crippen molar-refractivity contribution < 1.29 is 9.53 Å². The van der Waals surface area contributed by atoms with Crippen LogP contribution in [0.2, 0.25) is 0 Å². The normalized spacial score (nSPS) is 24.1. The lowest BCUT2D eigenvalue weighted by molar-refractivity contribution is 0.131. The monoisotopic (exact) mass is 217 g/mol. The van der Waals surface area contributed by atoms with E-state index in [1.165, 1.54) is 4.90 Å². The number of pyridine rings is 1. The second-order valence-corrected chi connectivity index (χ2v) is 3.74. The van der Waals surface area contributed by atoms with Crippen LogP contribution in [0.1, 0.15) is 24.3 Å². The quantitative estimate of drug-likeness (QED) is 0.714. The van der Waals surface area contributed by atoms with Gasteiger partial charge in [0.05, 0.1) is 6.04 Å². The van der Waals surface area contributed by atoms with Crippen LogP contribution in [0, 0.1) is 11.3 Å². The summed E-state index contributed by atoms with van der Waals surface area (Å²) >= 11 is 0. The van der Waals surface area contributed by atoms with Gasteiger partial charge < -0.3 is 9.64 Å². The molecule has 1 aromatic heterocycles. The highest BCUT2D eigenvalue weighted by Gasteiger charge is 2.37. The molecule has 2 rings (SSSR count). The minimum absolute atomic E-state index is 0.0403. The van der Waals surface area contributed by atoms with Gasteiger partial charge in [-0.1, -0.05) is 0 Å². The zero-order valence-electron chi connectivity index (χ0n) is 9.04. The van der Waals surface area contributed by atoms with Crippen molar-refractivity contribution in [3.8, 4) is 6.07 Å². The minimum atomic E-state index is -0.340. The van der Waals surface area contributed by atoms with Crippen LogP contribution in [0.25, 0.3) is 0 Å². The summed E-state index contributed by atoms with van der Waals surface area (Å²) < 4.78 is 5.22. The van der Waals surface area contributed by atoms with Crippen LogP contribution in [-0.2, 0) is 4.74 Å². The summed E-state index contributed by atoms with van der Waals surface area (Å²) in [5.74, 6) is 0. The van der Waals surface area contributed by atoms with Gasteiger partial charge in [-0.15, -0.1) is 0 Å². The fourth-order valence-electron chi connectivity index (χ4n) is 1.69. The van der Waals surface area contributed by atoms with Gasteiger partial charge in [0.1, 0.15) is 17.9 Å². The molecule has 0 aromatic carbocycles. The Hall–Kier alpha value is -2.09. The molecule has 5 heteroatoms. The van der Waals surface area contributed by atoms with Crippen molar-refractivity contribution in [3.05, 3.63) is 29.6 Å². The molecule has 5 nitrogen and oxygen atoms in total. The Morgan fingerprint density at radius 2 is 2.38 bits per heavy atom. The Bertz CT molecular complexity index is 467. The lowest BCUT2D eigenvalue weighted by atomic mass is 10.0. The first kappa shape index (κ1) is 10.4. The Morgan fingerprint density at radius 1 is 1.62 bits per heavy atom. The maximum atomic E-state index is 11.3. The van der Waals surface area contributed by atoms with E-state index >= 15 is 0 Å². The van der Waals surface area contributed by atoms with Gasteiger partial charge in [-0.3, -0.25) is 0 Å². The molecule has 1 fully saturated rings. The number of hydrogen-bond donors (Lipinski definition) is 0. The maximum Gasteiger partial charge on any atom is 0.410 e. The van der Waals surface area contributed by atoms with E-state index in [4.69, 9.17) is 10.00 Å². The predicted octanol–water partition coefficient (Wildman–Crippen LogP) is 1.46. The minimum Gasteiger partial charge on any atom is -0.439 e. The first-order chi connectivity index (χ1) is 7.63. The molecule has 82 valence electrons. The van der Waals surface area contributed by atoms with Crippen LogP contribution in [0.3, 0.4) is 0 Å². The number of cyclic esters (lactones) is 1. The van der Waals surface area contributed by atoms with E-state index in [0.717, 1.165) is 5.56 Å². The van der Waals surface area contributed by atoms with Crippen molar-refractivity contribution in [3.63, 3.8) is 0 Å². The Kier molecular flexibility index (Phi) is 2.49. The van der Waals surface area contributed by atoms with Gasteiger partial charge in [-0.2, -0.15) is 5.26 Å². The summed E-state index contributed by atoms with van der Waals surface area (Å²) in [4.78, 5) is 16.8. The Balaban J connectivity index is 2.32. The first-order valence-corrected chi connectivity index (χ1v) is 4.93. The van der Waals surface area contributed by atoms with E-state index < -0.39 is 0 Å². The lowest BCUT2D eigenvalue weighted by Gasteiger charge is -2.16. The van der Waals surface area contributed by atoms with E-state index in [0.29, 0.717) is 5.69 Å². The van der Waals surface area contributed by atoms with E-state index in [9.17, 15) is 4.79 Å². The number of nitrogens with zero attached hydrogens (tertiary/aromatic N) is 3. The molecule has 1 saturated heterocycles. The molecule has 1 aromatic rings. The highest BCUT2D eigenvalue weighted by molar-refractivity contribution is 5.70. The van der Waals surface area contributed by atoms with E-state index in [1.807, 2.05) is 13.0 Å². The molecule has 1 aliphatic rings. The Morgan fingerprint density at radius 3 is 2.94 bits per heavy atom. The van der Waals surface area contributed by atoms with Crippen molar-refractivity contribution in [2.24, 2.45) is 0 Å². The lowest BCUT2D eigenvalue weighted by Crippen LogP contribution is -2.27. The van der Waals surface area contributed by atoms with Crippen molar-refractivity contribution in [2.75, 3.05) is 7.05 Å². The van der Waals surface area contributed by atoms with Crippen molar-refractivity contribution in [1.29, 1.82) is 5.26 Å². The van der Waals surface area contributed by atoms with Crippen molar-refractivity contribution in [2.45, 2.75) is 19.1 Å². The van der Waals surface area contributed by atoms with Gasteiger partial charge in [0.15, 0.2) is 0 Å². The maximum absolute atomic E-state index is 11.3. The Labute approximate surface area is 93.3 Å². The number of nitriles is 1. The van der Waals surface area contributed by atoms with E-state index in [2.05, 4.69) is 4.98 Å². The number of likely N-dealkylation sites (N-methyl/N-ethyl adjacent to an activating group) is 1. The number of hydrogen-bond acceptors (Lipinski definition) is 4. The number of ether oxygens (including phenoxy) is 1. The van der Waals surface area contributed by atoms with Gasteiger partial charge in [-0.05, 0) is 24.6 Å². The third-order valence-corrected chi connectivity index (χ3v) is 2.79. The average molecular weight is 217 g/mol. The third-order valence-electron chi connectivity index (χ3n) is 2.79. The largest absolute Gasteiger partial charge is 0.439 e. The smallest absolute Gasteiger partial charge is 0.410 e. The summed E-state index contributed by atoms with van der Waals surface area (Å²) in [6, 6.07) is 5.33. The fraction of sp³-hybridized carbons (Fsp3) is 0.364. The summed E-state index contributed by atoms with van der Waals surface area (Å²) in [5.41, 5.74) is 1.13. The zero-order chi connectivity index (χ0) is 11.7. The molecular weight excluding hydrogens is 206 g/mol. The second kappa shape index (κ2) is 3.81. The van der Waals surface area contributed by atoms with Crippen LogP contribution in [-0.4, -0.2) is 29.1 Å². The van der Waals surface area contributed by atoms with Crippen LogP contribution in [0.5, 0.6) is 0 Å². The van der Waals surface area contributed by atoms with E-state index in [1.54, 1.807) is 25.4 Å². The number of carbonyl (C=O) groups excluding carboxylic acids is 1. The highest BCUT2D eigenvalue weighted by Crippen LogP contribution is 2.30. The highest BCUT2D eigenvalue weighted by atomic mass is 16.6. The molecular formula is C11H11N3O2. The summed E-state index contributed by atoms with van der Waals surface area (Å²) in [7, 11) is 1.69. The third kappa shape index (κ3) is 1.58. The van der Waals surface area contributed by atoms with Crippen LogP contribution in [0.4, 0.5) is 4.79 Å². The molecule has 0 N–H and O–H groups in total. The molecule has 0 bridgehead atoms. The standard InChI is InChI=1S/C11H11N3O2/c1-7-10(16-11(15)14(7)2)8-3-4-13-9(5-8)6-12/h3-5,7,10H,1-2H3/t7-,10-/m0/s1. The molecule has 16 heavy (non-hydrogen) atoms. The summed E-state index contributed by atoms with van der Waals surface area (Å²) in [6.45, 7) is 1.90. The number of aromatic nitrogens is 1. The molecule has 2 atom stereocenters. The van der Waals surface area contributed by atoms with Crippen LogP contribution >= 0.6 is 0 Å². The molecule has 2 heterocycles. The fourth-order valence-corrected chi connectivity index (χ4v) is 1.69. The molecule has 0 radical (unpaired) electrons. The topological polar surface area (TPSA) is 66.2 Å². The zero-order valence-corrected chi connectivity index (χ0v) is 9.04. The number of amides is 1. The van der Waals surface area contributed by atoms with Crippen molar-refractivity contribution in [1.82, 2.24) is 9.88 Å². The van der Waals surface area contributed by atoms with Crippen LogP contribution in [0.15, 0.2) is 18.3 Å². The SMILES string of the molecule is C[C@H]1[C@@H](c2ccnc(C#N)c2)OC(=O)N1C. The number of rotatable bonds is 1. The van der Waals surface area contributed by atoms with Gasteiger partial charge in [0.2, 0.25) is 0 Å². The van der Waals surface area contributed by atoms with Gasteiger partial charge in [0.25, 0.3) is 0 Å². The molecule has 0 spiro atoms. The molecule has 0 saturated carbocycles. The first-order valence-electron chi connectivity index (χ1n) is 4.93. The van der Waals surface area contributed by atoms with Crippen LogP contribution < -0.4 is 0 Å². The number of carbonyl (C=O) groups is 1. The second-order valence-electron chi connectivity index (χ2n) is 3.74. The van der Waals surface area contributed by atoms with Gasteiger partial charge in [-0.25, -0.2) is 9.78 Å². The summed E-state index contributed by atoms with van der Waals surface area (Å²) in [5, 5.41) is 8.74.